The lowest BCUT2D eigenvalue weighted by atomic mass is 10.3. The Hall–Kier alpha value is -1.14. The Morgan fingerprint density at radius 2 is 1.88 bits per heavy atom. The SMILES string of the molecule is CNC(=O)CN(C)CCC(=O)N(C)CCCN. The van der Waals surface area contributed by atoms with Crippen LogP contribution in [0.4, 0.5) is 0 Å². The van der Waals surface area contributed by atoms with E-state index >= 15 is 0 Å². The van der Waals surface area contributed by atoms with E-state index in [1.807, 2.05) is 11.9 Å². The summed E-state index contributed by atoms with van der Waals surface area (Å²) in [5.41, 5.74) is 5.38. The van der Waals surface area contributed by atoms with Crippen LogP contribution in [0.3, 0.4) is 0 Å². The molecule has 0 aliphatic rings. The lowest BCUT2D eigenvalue weighted by molar-refractivity contribution is -0.130. The van der Waals surface area contributed by atoms with Gasteiger partial charge in [0, 0.05) is 33.6 Å². The van der Waals surface area contributed by atoms with Crippen LogP contribution in [0.1, 0.15) is 12.8 Å². The molecule has 0 atom stereocenters. The molecule has 0 aromatic rings. The quantitative estimate of drug-likeness (QED) is 0.566. The van der Waals surface area contributed by atoms with Gasteiger partial charge in [0.1, 0.15) is 0 Å². The summed E-state index contributed by atoms with van der Waals surface area (Å²) in [6.45, 7) is 2.18. The zero-order chi connectivity index (χ0) is 13.3. The second-order valence-corrected chi connectivity index (χ2v) is 4.12. The van der Waals surface area contributed by atoms with Gasteiger partial charge in [-0.25, -0.2) is 0 Å². The van der Waals surface area contributed by atoms with E-state index in [-0.39, 0.29) is 11.8 Å². The first-order chi connectivity index (χ1) is 8.01. The lowest BCUT2D eigenvalue weighted by Crippen LogP contribution is -2.36. The van der Waals surface area contributed by atoms with Crippen LogP contribution in [-0.4, -0.2) is 68.9 Å². The van der Waals surface area contributed by atoms with Crippen LogP contribution in [0.15, 0.2) is 0 Å². The van der Waals surface area contributed by atoms with Gasteiger partial charge < -0.3 is 16.0 Å². The van der Waals surface area contributed by atoms with E-state index < -0.39 is 0 Å². The van der Waals surface area contributed by atoms with Crippen molar-refractivity contribution in [3.63, 3.8) is 0 Å². The van der Waals surface area contributed by atoms with E-state index in [0.29, 0.717) is 32.6 Å². The Kier molecular flexibility index (Phi) is 8.35. The van der Waals surface area contributed by atoms with E-state index in [1.54, 1.807) is 19.0 Å². The molecule has 0 spiro atoms. The molecule has 0 aromatic heterocycles. The fourth-order valence-corrected chi connectivity index (χ4v) is 1.33. The maximum Gasteiger partial charge on any atom is 0.233 e. The number of carbonyl (C=O) groups is 2. The van der Waals surface area contributed by atoms with Crippen molar-refractivity contribution in [3.8, 4) is 0 Å². The number of amides is 2. The molecule has 0 bridgehead atoms. The maximum absolute atomic E-state index is 11.7. The summed E-state index contributed by atoms with van der Waals surface area (Å²) in [6.07, 6.45) is 1.24. The summed E-state index contributed by atoms with van der Waals surface area (Å²) in [7, 11) is 5.20. The minimum Gasteiger partial charge on any atom is -0.358 e. The monoisotopic (exact) mass is 244 g/mol. The third kappa shape index (κ3) is 7.70. The number of nitrogens with two attached hydrogens (primary N) is 1. The summed E-state index contributed by atoms with van der Waals surface area (Å²) >= 11 is 0. The summed E-state index contributed by atoms with van der Waals surface area (Å²) in [5.74, 6) is 0.0404. The first kappa shape index (κ1) is 15.9. The summed E-state index contributed by atoms with van der Waals surface area (Å²) in [5, 5.41) is 2.54. The van der Waals surface area contributed by atoms with Crippen LogP contribution in [0.5, 0.6) is 0 Å². The van der Waals surface area contributed by atoms with Crippen LogP contribution in [0.25, 0.3) is 0 Å². The molecule has 0 unspecified atom stereocenters. The van der Waals surface area contributed by atoms with Gasteiger partial charge in [0.05, 0.1) is 6.54 Å². The number of hydrogen-bond acceptors (Lipinski definition) is 4. The minimum atomic E-state index is -0.0450. The largest absolute Gasteiger partial charge is 0.358 e. The molecule has 0 aliphatic carbocycles. The lowest BCUT2D eigenvalue weighted by Gasteiger charge is -2.19. The van der Waals surface area contributed by atoms with Gasteiger partial charge in [-0.2, -0.15) is 0 Å². The Balaban J connectivity index is 3.78. The van der Waals surface area contributed by atoms with Crippen molar-refractivity contribution in [2.75, 3.05) is 47.3 Å². The summed E-state index contributed by atoms with van der Waals surface area (Å²) in [6, 6.07) is 0. The third-order valence-electron chi connectivity index (χ3n) is 2.52. The van der Waals surface area contributed by atoms with Crippen LogP contribution in [0.2, 0.25) is 0 Å². The first-order valence-electron chi connectivity index (χ1n) is 5.84. The van der Waals surface area contributed by atoms with Crippen LogP contribution in [-0.2, 0) is 9.59 Å². The van der Waals surface area contributed by atoms with E-state index in [2.05, 4.69) is 5.32 Å². The van der Waals surface area contributed by atoms with Gasteiger partial charge in [-0.05, 0) is 20.0 Å². The predicted octanol–water partition coefficient (Wildman–Crippen LogP) is -1.14. The van der Waals surface area contributed by atoms with Crippen molar-refractivity contribution >= 4 is 11.8 Å². The standard InChI is InChI=1S/C11H24N4O2/c1-13-10(16)9-14(2)8-5-11(17)15(3)7-4-6-12/h4-9,12H2,1-3H3,(H,13,16). The molecule has 0 fully saturated rings. The van der Waals surface area contributed by atoms with Gasteiger partial charge in [-0.15, -0.1) is 0 Å². The molecule has 0 rings (SSSR count). The highest BCUT2D eigenvalue weighted by molar-refractivity contribution is 5.78. The molecule has 0 aliphatic heterocycles. The molecule has 2 amide bonds. The van der Waals surface area contributed by atoms with Gasteiger partial charge in [0.2, 0.25) is 11.8 Å². The molecule has 6 heteroatoms. The number of rotatable bonds is 8. The third-order valence-corrected chi connectivity index (χ3v) is 2.52. The fraction of sp³-hybridized carbons (Fsp3) is 0.818. The Bertz CT molecular complexity index is 246. The van der Waals surface area contributed by atoms with E-state index in [4.69, 9.17) is 5.73 Å². The van der Waals surface area contributed by atoms with Crippen molar-refractivity contribution in [1.29, 1.82) is 0 Å². The second-order valence-electron chi connectivity index (χ2n) is 4.12. The van der Waals surface area contributed by atoms with E-state index in [1.165, 1.54) is 0 Å². The average molecular weight is 244 g/mol. The van der Waals surface area contributed by atoms with Crippen molar-refractivity contribution in [3.05, 3.63) is 0 Å². The number of hydrogen-bond donors (Lipinski definition) is 2. The molecule has 17 heavy (non-hydrogen) atoms. The van der Waals surface area contributed by atoms with Crippen LogP contribution < -0.4 is 11.1 Å². The zero-order valence-electron chi connectivity index (χ0n) is 11.0. The number of likely N-dealkylation sites (N-methyl/N-ethyl adjacent to an activating group) is 2. The zero-order valence-corrected chi connectivity index (χ0v) is 11.0. The Morgan fingerprint density at radius 3 is 2.41 bits per heavy atom. The fourth-order valence-electron chi connectivity index (χ4n) is 1.33. The van der Waals surface area contributed by atoms with Crippen molar-refractivity contribution in [2.24, 2.45) is 5.73 Å². The molecule has 0 aromatic carbocycles. The normalized spacial score (nSPS) is 10.4. The minimum absolute atomic E-state index is 0.0450. The van der Waals surface area contributed by atoms with Gasteiger partial charge in [-0.3, -0.25) is 14.5 Å². The Labute approximate surface area is 103 Å². The summed E-state index contributed by atoms with van der Waals surface area (Å²) < 4.78 is 0. The van der Waals surface area contributed by atoms with Gasteiger partial charge >= 0.3 is 0 Å². The molecule has 100 valence electrons. The first-order valence-corrected chi connectivity index (χ1v) is 5.84. The Morgan fingerprint density at radius 1 is 1.24 bits per heavy atom. The number of nitrogens with one attached hydrogen (secondary N) is 1. The van der Waals surface area contributed by atoms with Crippen LogP contribution >= 0.6 is 0 Å². The van der Waals surface area contributed by atoms with Gasteiger partial charge in [0.15, 0.2) is 0 Å². The van der Waals surface area contributed by atoms with Crippen LogP contribution in [0, 0.1) is 0 Å². The molecule has 3 N–H and O–H groups in total. The topological polar surface area (TPSA) is 78.7 Å². The smallest absolute Gasteiger partial charge is 0.233 e. The maximum atomic E-state index is 11.7. The van der Waals surface area contributed by atoms with Gasteiger partial charge in [0.25, 0.3) is 0 Å². The van der Waals surface area contributed by atoms with Crippen molar-refractivity contribution in [1.82, 2.24) is 15.1 Å². The molecule has 6 nitrogen and oxygen atoms in total. The highest BCUT2D eigenvalue weighted by Gasteiger charge is 2.10. The predicted molar refractivity (Wildman–Crippen MR) is 67.5 cm³/mol. The highest BCUT2D eigenvalue weighted by Crippen LogP contribution is 1.95. The number of nitrogens with zero attached hydrogens (tertiary/aromatic N) is 2. The van der Waals surface area contributed by atoms with E-state index in [9.17, 15) is 9.59 Å². The molecular formula is C11H24N4O2. The molecule has 0 saturated heterocycles. The average Bonchev–Trinajstić information content (AvgIpc) is 2.32. The van der Waals surface area contributed by atoms with Crippen molar-refractivity contribution < 1.29 is 9.59 Å². The van der Waals surface area contributed by atoms with E-state index in [0.717, 1.165) is 6.42 Å². The number of carbonyl (C=O) groups excluding carboxylic acids is 2. The van der Waals surface area contributed by atoms with Gasteiger partial charge in [-0.1, -0.05) is 0 Å². The second kappa shape index (κ2) is 8.95. The molecule has 0 radical (unpaired) electrons. The molecule has 0 saturated carbocycles. The highest BCUT2D eigenvalue weighted by atomic mass is 16.2. The molecular weight excluding hydrogens is 220 g/mol. The van der Waals surface area contributed by atoms with Crippen molar-refractivity contribution in [2.45, 2.75) is 12.8 Å². The molecule has 0 heterocycles. The summed E-state index contributed by atoms with van der Waals surface area (Å²) in [4.78, 5) is 26.3.